The Balaban J connectivity index is 2.50. The van der Waals surface area contributed by atoms with Crippen LogP contribution in [0.4, 0.5) is 5.82 Å². The molecule has 2 rings (SSSR count). The Morgan fingerprint density at radius 3 is 2.72 bits per heavy atom. The molecule has 0 aliphatic heterocycles. The van der Waals surface area contributed by atoms with Crippen molar-refractivity contribution in [3.63, 3.8) is 0 Å². The molecule has 0 radical (unpaired) electrons. The van der Waals surface area contributed by atoms with E-state index in [1.807, 2.05) is 0 Å². The Bertz CT molecular complexity index is 550. The van der Waals surface area contributed by atoms with Gasteiger partial charge in [-0.05, 0) is 30.0 Å². The third kappa shape index (κ3) is 2.75. The van der Waals surface area contributed by atoms with E-state index < -0.39 is 0 Å². The highest BCUT2D eigenvalue weighted by atomic mass is 35.5. The Hall–Kier alpha value is -0.870. The van der Waals surface area contributed by atoms with Gasteiger partial charge in [-0.3, -0.25) is 0 Å². The summed E-state index contributed by atoms with van der Waals surface area (Å²) in [4.78, 5) is 13.2. The molecule has 0 spiro atoms. The standard InChI is InChI=1S/C13H18ClN3S/c1-5-9-6-10-11(17(4)7-8(2)3)15-13(14)16-12(10)18-9/h6,8H,5,7H2,1-4H3. The molecule has 0 unspecified atom stereocenters. The zero-order chi connectivity index (χ0) is 13.3. The molecule has 5 heteroatoms. The van der Waals surface area contributed by atoms with Crippen LogP contribution in [0.15, 0.2) is 6.07 Å². The second-order valence-electron chi connectivity index (χ2n) is 4.88. The van der Waals surface area contributed by atoms with Gasteiger partial charge in [-0.15, -0.1) is 11.3 Å². The first kappa shape index (κ1) is 13.6. The molecular formula is C13H18ClN3S. The van der Waals surface area contributed by atoms with E-state index in [1.54, 1.807) is 11.3 Å². The maximum absolute atomic E-state index is 6.01. The number of aromatic nitrogens is 2. The minimum atomic E-state index is 0.331. The topological polar surface area (TPSA) is 29.0 Å². The molecule has 0 N–H and O–H groups in total. The largest absolute Gasteiger partial charge is 0.359 e. The third-order valence-electron chi connectivity index (χ3n) is 2.75. The summed E-state index contributed by atoms with van der Waals surface area (Å²) < 4.78 is 0. The Labute approximate surface area is 117 Å². The van der Waals surface area contributed by atoms with Gasteiger partial charge >= 0.3 is 0 Å². The molecule has 0 bridgehead atoms. The number of rotatable bonds is 4. The van der Waals surface area contributed by atoms with Crippen molar-refractivity contribution < 1.29 is 0 Å². The Morgan fingerprint density at radius 1 is 1.39 bits per heavy atom. The number of thiophene rings is 1. The maximum Gasteiger partial charge on any atom is 0.225 e. The highest BCUT2D eigenvalue weighted by Crippen LogP contribution is 2.32. The molecular weight excluding hydrogens is 266 g/mol. The van der Waals surface area contributed by atoms with Gasteiger partial charge in [0.15, 0.2) is 0 Å². The van der Waals surface area contributed by atoms with Crippen molar-refractivity contribution in [3.8, 4) is 0 Å². The van der Waals surface area contributed by atoms with E-state index >= 15 is 0 Å². The molecule has 0 fully saturated rings. The van der Waals surface area contributed by atoms with Gasteiger partial charge in [0.2, 0.25) is 5.28 Å². The van der Waals surface area contributed by atoms with Gasteiger partial charge in [0.05, 0.1) is 5.39 Å². The molecule has 2 aromatic rings. The lowest BCUT2D eigenvalue weighted by molar-refractivity contribution is 0.635. The highest BCUT2D eigenvalue weighted by molar-refractivity contribution is 7.18. The van der Waals surface area contributed by atoms with Crippen LogP contribution < -0.4 is 4.90 Å². The number of hydrogen-bond acceptors (Lipinski definition) is 4. The zero-order valence-corrected chi connectivity index (χ0v) is 12.8. The van der Waals surface area contributed by atoms with Crippen LogP contribution in [0.5, 0.6) is 0 Å². The molecule has 98 valence electrons. The van der Waals surface area contributed by atoms with Crippen LogP contribution in [0.25, 0.3) is 10.2 Å². The summed E-state index contributed by atoms with van der Waals surface area (Å²) in [7, 11) is 2.06. The lowest BCUT2D eigenvalue weighted by Crippen LogP contribution is -2.23. The van der Waals surface area contributed by atoms with Gasteiger partial charge in [0, 0.05) is 18.5 Å². The summed E-state index contributed by atoms with van der Waals surface area (Å²) in [6.07, 6.45) is 1.02. The number of aryl methyl sites for hydroxylation is 1. The molecule has 2 aromatic heterocycles. The van der Waals surface area contributed by atoms with Crippen LogP contribution in [0.1, 0.15) is 25.6 Å². The first-order chi connectivity index (χ1) is 8.51. The number of fused-ring (bicyclic) bond motifs is 1. The molecule has 0 saturated carbocycles. The van der Waals surface area contributed by atoms with E-state index in [9.17, 15) is 0 Å². The van der Waals surface area contributed by atoms with Gasteiger partial charge in [-0.2, -0.15) is 4.98 Å². The van der Waals surface area contributed by atoms with Crippen LogP contribution in [-0.4, -0.2) is 23.6 Å². The first-order valence-corrected chi connectivity index (χ1v) is 7.37. The van der Waals surface area contributed by atoms with Crippen molar-refractivity contribution in [1.29, 1.82) is 0 Å². The zero-order valence-electron chi connectivity index (χ0n) is 11.2. The summed E-state index contributed by atoms with van der Waals surface area (Å²) in [6, 6.07) is 2.18. The molecule has 0 aromatic carbocycles. The normalized spacial score (nSPS) is 11.4. The fraction of sp³-hybridized carbons (Fsp3) is 0.538. The van der Waals surface area contributed by atoms with Gasteiger partial charge in [-0.25, -0.2) is 4.98 Å². The summed E-state index contributed by atoms with van der Waals surface area (Å²) in [5, 5.41) is 1.45. The summed E-state index contributed by atoms with van der Waals surface area (Å²) >= 11 is 7.71. The lowest BCUT2D eigenvalue weighted by Gasteiger charge is -2.21. The summed E-state index contributed by atoms with van der Waals surface area (Å²) in [5.41, 5.74) is 0. The van der Waals surface area contributed by atoms with Crippen LogP contribution >= 0.6 is 22.9 Å². The summed E-state index contributed by atoms with van der Waals surface area (Å²) in [5.74, 6) is 1.53. The second kappa shape index (κ2) is 5.41. The van der Waals surface area contributed by atoms with E-state index in [4.69, 9.17) is 11.6 Å². The van der Waals surface area contributed by atoms with Crippen molar-refractivity contribution in [3.05, 3.63) is 16.2 Å². The SMILES string of the molecule is CCc1cc2c(N(C)CC(C)C)nc(Cl)nc2s1. The van der Waals surface area contributed by atoms with E-state index in [0.29, 0.717) is 11.2 Å². The molecule has 0 aliphatic carbocycles. The lowest BCUT2D eigenvalue weighted by atomic mass is 10.2. The average Bonchev–Trinajstić information content (AvgIpc) is 2.69. The molecule has 18 heavy (non-hydrogen) atoms. The number of anilines is 1. The van der Waals surface area contributed by atoms with Gasteiger partial charge in [0.25, 0.3) is 0 Å². The fourth-order valence-electron chi connectivity index (χ4n) is 2.03. The monoisotopic (exact) mass is 283 g/mol. The average molecular weight is 284 g/mol. The van der Waals surface area contributed by atoms with Crippen molar-refractivity contribution >= 4 is 39.0 Å². The van der Waals surface area contributed by atoms with E-state index in [1.165, 1.54) is 4.88 Å². The second-order valence-corrected chi connectivity index (χ2v) is 6.33. The number of hydrogen-bond donors (Lipinski definition) is 0. The van der Waals surface area contributed by atoms with Crippen LogP contribution in [-0.2, 0) is 6.42 Å². The van der Waals surface area contributed by atoms with Crippen molar-refractivity contribution in [2.45, 2.75) is 27.2 Å². The third-order valence-corrected chi connectivity index (χ3v) is 4.09. The Morgan fingerprint density at radius 2 is 2.11 bits per heavy atom. The molecule has 0 atom stereocenters. The predicted molar refractivity (Wildman–Crippen MR) is 79.9 cm³/mol. The van der Waals surface area contributed by atoms with Crippen LogP contribution in [0.3, 0.4) is 0 Å². The molecule has 2 heterocycles. The molecule has 0 amide bonds. The van der Waals surface area contributed by atoms with Gasteiger partial charge in [-0.1, -0.05) is 20.8 Å². The first-order valence-electron chi connectivity index (χ1n) is 6.18. The minimum Gasteiger partial charge on any atom is -0.359 e. The minimum absolute atomic E-state index is 0.331. The molecule has 3 nitrogen and oxygen atoms in total. The fourth-order valence-corrected chi connectivity index (χ4v) is 3.21. The number of nitrogens with zero attached hydrogens (tertiary/aromatic N) is 3. The Kier molecular flexibility index (Phi) is 4.07. The quantitative estimate of drug-likeness (QED) is 0.794. The predicted octanol–water partition coefficient (Wildman–Crippen LogP) is 4.00. The van der Waals surface area contributed by atoms with E-state index in [-0.39, 0.29) is 0 Å². The van der Waals surface area contributed by atoms with E-state index in [0.717, 1.165) is 29.0 Å². The van der Waals surface area contributed by atoms with Crippen LogP contribution in [0.2, 0.25) is 5.28 Å². The molecule has 0 aliphatic rings. The smallest absolute Gasteiger partial charge is 0.225 e. The summed E-state index contributed by atoms with van der Waals surface area (Å²) in [6.45, 7) is 7.50. The maximum atomic E-state index is 6.01. The van der Waals surface area contributed by atoms with Crippen molar-refractivity contribution in [2.75, 3.05) is 18.5 Å². The number of halogens is 1. The van der Waals surface area contributed by atoms with E-state index in [2.05, 4.69) is 48.8 Å². The van der Waals surface area contributed by atoms with Gasteiger partial charge in [0.1, 0.15) is 10.6 Å². The highest BCUT2D eigenvalue weighted by Gasteiger charge is 2.14. The van der Waals surface area contributed by atoms with Crippen molar-refractivity contribution in [2.24, 2.45) is 5.92 Å². The van der Waals surface area contributed by atoms with Gasteiger partial charge < -0.3 is 4.90 Å². The molecule has 0 saturated heterocycles. The van der Waals surface area contributed by atoms with Crippen LogP contribution in [0, 0.1) is 5.92 Å². The van der Waals surface area contributed by atoms with Crippen molar-refractivity contribution in [1.82, 2.24) is 9.97 Å².